The summed E-state index contributed by atoms with van der Waals surface area (Å²) in [5, 5.41) is 11.3. The molecule has 1 aliphatic rings. The number of nitrogens with zero attached hydrogens (tertiary/aromatic N) is 2. The highest BCUT2D eigenvalue weighted by Gasteiger charge is 2.24. The molecule has 1 fully saturated rings. The summed E-state index contributed by atoms with van der Waals surface area (Å²) in [7, 11) is 0. The van der Waals surface area contributed by atoms with E-state index in [4.69, 9.17) is 0 Å². The molecule has 18 heavy (non-hydrogen) atoms. The maximum absolute atomic E-state index is 10.2. The highest BCUT2D eigenvalue weighted by atomic mass is 32.1. The molecule has 2 rings (SSSR count). The Balaban J connectivity index is 2.02. The van der Waals surface area contributed by atoms with Crippen LogP contribution in [-0.2, 0) is 18.4 Å². The Kier molecular flexibility index (Phi) is 4.41. The van der Waals surface area contributed by atoms with Crippen LogP contribution in [0.25, 0.3) is 0 Å². The van der Waals surface area contributed by atoms with Crippen molar-refractivity contribution in [2.75, 3.05) is 19.6 Å². The largest absolute Gasteiger partial charge is 0.385 e. The average Bonchev–Trinajstić information content (AvgIpc) is 2.94. The Labute approximate surface area is 114 Å². The van der Waals surface area contributed by atoms with Crippen molar-refractivity contribution in [3.05, 3.63) is 15.6 Å². The van der Waals surface area contributed by atoms with Crippen LogP contribution in [0.2, 0.25) is 0 Å². The quantitative estimate of drug-likeness (QED) is 0.891. The predicted molar refractivity (Wildman–Crippen MR) is 76.1 cm³/mol. The number of thiazole rings is 1. The molecule has 2 heterocycles. The standard InChI is InChI=1S/C14H24N2OS/c1-4-11-13(14(2,3)17)18-12(15-11)7-10-16-8-5-6-9-16/h17H,4-10H2,1-3H3. The second kappa shape index (κ2) is 5.68. The van der Waals surface area contributed by atoms with Crippen LogP contribution in [0.4, 0.5) is 0 Å². The number of rotatable bonds is 5. The molecule has 0 aromatic carbocycles. The fourth-order valence-electron chi connectivity index (χ4n) is 2.49. The van der Waals surface area contributed by atoms with E-state index >= 15 is 0 Å². The first-order valence-electron chi connectivity index (χ1n) is 6.94. The number of hydrogen-bond acceptors (Lipinski definition) is 4. The van der Waals surface area contributed by atoms with Crippen molar-refractivity contribution in [2.45, 2.75) is 52.1 Å². The normalized spacial score (nSPS) is 17.6. The summed E-state index contributed by atoms with van der Waals surface area (Å²) < 4.78 is 0. The third-order valence-corrected chi connectivity index (χ3v) is 4.94. The number of aryl methyl sites for hydroxylation is 1. The first kappa shape index (κ1) is 14.0. The van der Waals surface area contributed by atoms with Crippen molar-refractivity contribution >= 4 is 11.3 Å². The van der Waals surface area contributed by atoms with Gasteiger partial charge in [0.15, 0.2) is 0 Å². The summed E-state index contributed by atoms with van der Waals surface area (Å²) in [6, 6.07) is 0. The molecule has 1 aromatic rings. The van der Waals surface area contributed by atoms with Crippen LogP contribution in [0.5, 0.6) is 0 Å². The molecule has 1 aromatic heterocycles. The van der Waals surface area contributed by atoms with Crippen LogP contribution in [-0.4, -0.2) is 34.6 Å². The van der Waals surface area contributed by atoms with Crippen LogP contribution in [0.3, 0.4) is 0 Å². The van der Waals surface area contributed by atoms with Gasteiger partial charge >= 0.3 is 0 Å². The van der Waals surface area contributed by atoms with E-state index in [1.165, 1.54) is 30.9 Å². The first-order chi connectivity index (χ1) is 8.50. The number of likely N-dealkylation sites (tertiary alicyclic amines) is 1. The van der Waals surface area contributed by atoms with Crippen molar-refractivity contribution in [1.82, 2.24) is 9.88 Å². The Hall–Kier alpha value is -0.450. The molecule has 1 N–H and O–H groups in total. The zero-order valence-electron chi connectivity index (χ0n) is 11.7. The van der Waals surface area contributed by atoms with Crippen LogP contribution in [0, 0.1) is 0 Å². The van der Waals surface area contributed by atoms with E-state index in [2.05, 4.69) is 16.8 Å². The van der Waals surface area contributed by atoms with Crippen molar-refractivity contribution < 1.29 is 5.11 Å². The predicted octanol–water partition coefficient (Wildman–Crippen LogP) is 2.57. The van der Waals surface area contributed by atoms with Gasteiger partial charge in [-0.1, -0.05) is 6.92 Å². The Bertz CT molecular complexity index is 389. The minimum Gasteiger partial charge on any atom is -0.385 e. The molecular weight excluding hydrogens is 244 g/mol. The molecular formula is C14H24N2OS. The molecule has 0 radical (unpaired) electrons. The van der Waals surface area contributed by atoms with Crippen LogP contribution >= 0.6 is 11.3 Å². The van der Waals surface area contributed by atoms with Gasteiger partial charge in [0, 0.05) is 13.0 Å². The van der Waals surface area contributed by atoms with Crippen LogP contribution < -0.4 is 0 Å². The van der Waals surface area contributed by atoms with Gasteiger partial charge in [-0.05, 0) is 46.2 Å². The molecule has 0 spiro atoms. The molecule has 0 saturated carbocycles. The summed E-state index contributed by atoms with van der Waals surface area (Å²) in [4.78, 5) is 8.24. The lowest BCUT2D eigenvalue weighted by molar-refractivity contribution is 0.0814. The van der Waals surface area contributed by atoms with Gasteiger partial charge in [0.05, 0.1) is 21.2 Å². The van der Waals surface area contributed by atoms with E-state index in [-0.39, 0.29) is 0 Å². The second-order valence-electron chi connectivity index (χ2n) is 5.59. The monoisotopic (exact) mass is 268 g/mol. The fraction of sp³-hybridized carbons (Fsp3) is 0.786. The van der Waals surface area contributed by atoms with E-state index in [0.717, 1.165) is 30.0 Å². The highest BCUT2D eigenvalue weighted by molar-refractivity contribution is 7.11. The summed E-state index contributed by atoms with van der Waals surface area (Å²) in [5.74, 6) is 0. The van der Waals surface area contributed by atoms with Gasteiger partial charge < -0.3 is 10.0 Å². The first-order valence-corrected chi connectivity index (χ1v) is 7.76. The summed E-state index contributed by atoms with van der Waals surface area (Å²) in [6.07, 6.45) is 4.60. The zero-order chi connectivity index (χ0) is 13.2. The van der Waals surface area contributed by atoms with Crippen LogP contribution in [0.1, 0.15) is 49.2 Å². The van der Waals surface area contributed by atoms with Crippen molar-refractivity contribution in [1.29, 1.82) is 0 Å². The summed E-state index contributed by atoms with van der Waals surface area (Å²) in [5.41, 5.74) is 0.318. The smallest absolute Gasteiger partial charge is 0.0950 e. The third kappa shape index (κ3) is 3.31. The number of aliphatic hydroxyl groups is 1. The average molecular weight is 268 g/mol. The Morgan fingerprint density at radius 3 is 2.50 bits per heavy atom. The van der Waals surface area contributed by atoms with Crippen molar-refractivity contribution in [3.63, 3.8) is 0 Å². The third-order valence-electron chi connectivity index (χ3n) is 3.47. The summed E-state index contributed by atoms with van der Waals surface area (Å²) in [6.45, 7) is 9.40. The zero-order valence-corrected chi connectivity index (χ0v) is 12.5. The SMILES string of the molecule is CCc1nc(CCN2CCCC2)sc1C(C)(C)O. The van der Waals surface area contributed by atoms with Gasteiger partial charge in [-0.3, -0.25) is 0 Å². The molecule has 0 aliphatic carbocycles. The van der Waals surface area contributed by atoms with E-state index in [9.17, 15) is 5.11 Å². The summed E-state index contributed by atoms with van der Waals surface area (Å²) >= 11 is 1.69. The number of aromatic nitrogens is 1. The molecule has 102 valence electrons. The van der Waals surface area contributed by atoms with Crippen LogP contribution in [0.15, 0.2) is 0 Å². The van der Waals surface area contributed by atoms with Gasteiger partial charge in [-0.2, -0.15) is 0 Å². The molecule has 1 saturated heterocycles. The molecule has 0 atom stereocenters. The lowest BCUT2D eigenvalue weighted by Crippen LogP contribution is -2.21. The van der Waals surface area contributed by atoms with Gasteiger partial charge in [0.2, 0.25) is 0 Å². The van der Waals surface area contributed by atoms with Crippen molar-refractivity contribution in [3.8, 4) is 0 Å². The van der Waals surface area contributed by atoms with Gasteiger partial charge in [-0.25, -0.2) is 4.98 Å². The lowest BCUT2D eigenvalue weighted by Gasteiger charge is -2.16. The van der Waals surface area contributed by atoms with Gasteiger partial charge in [-0.15, -0.1) is 11.3 Å². The maximum atomic E-state index is 10.2. The molecule has 0 unspecified atom stereocenters. The lowest BCUT2D eigenvalue weighted by atomic mass is 10.1. The van der Waals surface area contributed by atoms with Gasteiger partial charge in [0.25, 0.3) is 0 Å². The topological polar surface area (TPSA) is 36.4 Å². The Morgan fingerprint density at radius 2 is 2.00 bits per heavy atom. The minimum absolute atomic E-state index is 0.755. The van der Waals surface area contributed by atoms with Gasteiger partial charge in [0.1, 0.15) is 0 Å². The van der Waals surface area contributed by atoms with E-state index < -0.39 is 5.60 Å². The van der Waals surface area contributed by atoms with Crippen molar-refractivity contribution in [2.24, 2.45) is 0 Å². The second-order valence-corrected chi connectivity index (χ2v) is 6.68. The molecule has 3 nitrogen and oxygen atoms in total. The number of hydrogen-bond donors (Lipinski definition) is 1. The minimum atomic E-state index is -0.755. The van der Waals surface area contributed by atoms with E-state index in [1.807, 2.05) is 13.8 Å². The molecule has 1 aliphatic heterocycles. The Morgan fingerprint density at radius 1 is 1.33 bits per heavy atom. The molecule has 0 bridgehead atoms. The van der Waals surface area contributed by atoms with E-state index in [1.54, 1.807) is 11.3 Å². The maximum Gasteiger partial charge on any atom is 0.0950 e. The highest BCUT2D eigenvalue weighted by Crippen LogP contribution is 2.30. The van der Waals surface area contributed by atoms with E-state index in [0.29, 0.717) is 0 Å². The molecule has 0 amide bonds. The molecule has 4 heteroatoms. The fourth-order valence-corrected chi connectivity index (χ4v) is 3.63.